The Balaban J connectivity index is 1.84. The molecule has 1 fully saturated rings. The van der Waals surface area contributed by atoms with E-state index in [4.69, 9.17) is 4.74 Å². The number of rotatable bonds is 6. The highest BCUT2D eigenvalue weighted by Gasteiger charge is 2.19. The molecule has 2 heteroatoms. The van der Waals surface area contributed by atoms with Crippen LogP contribution >= 0.6 is 0 Å². The van der Waals surface area contributed by atoms with E-state index in [1.54, 1.807) is 0 Å². The first-order valence-corrected chi connectivity index (χ1v) is 6.32. The molecule has 0 saturated heterocycles. The zero-order valence-electron chi connectivity index (χ0n) is 10.7. The van der Waals surface area contributed by atoms with E-state index in [1.165, 1.54) is 24.0 Å². The zero-order valence-corrected chi connectivity index (χ0v) is 10.7. The molecule has 17 heavy (non-hydrogen) atoms. The maximum absolute atomic E-state index is 5.68. The van der Waals surface area contributed by atoms with Gasteiger partial charge in [0.15, 0.2) is 0 Å². The molecule has 1 aromatic rings. The van der Waals surface area contributed by atoms with Gasteiger partial charge in [-0.3, -0.25) is 0 Å². The van der Waals surface area contributed by atoms with Crippen molar-refractivity contribution in [2.24, 2.45) is 0 Å². The van der Waals surface area contributed by atoms with Crippen LogP contribution in [0.15, 0.2) is 35.9 Å². The van der Waals surface area contributed by atoms with Crippen molar-refractivity contribution < 1.29 is 4.74 Å². The zero-order chi connectivity index (χ0) is 12.1. The normalized spacial score (nSPS) is 14.5. The summed E-state index contributed by atoms with van der Waals surface area (Å²) in [5.74, 6) is 0.956. The van der Waals surface area contributed by atoms with Gasteiger partial charge in [-0.2, -0.15) is 0 Å². The second-order valence-corrected chi connectivity index (χ2v) is 4.90. The van der Waals surface area contributed by atoms with Crippen molar-refractivity contribution in [1.82, 2.24) is 5.32 Å². The Labute approximate surface area is 104 Å². The lowest BCUT2D eigenvalue weighted by molar-refractivity contribution is 0.361. The second kappa shape index (κ2) is 5.87. The molecular weight excluding hydrogens is 210 g/mol. The lowest BCUT2D eigenvalue weighted by atomic mass is 10.2. The summed E-state index contributed by atoms with van der Waals surface area (Å²) >= 11 is 0. The number of benzene rings is 1. The number of nitrogens with one attached hydrogen (secondary N) is 1. The molecule has 0 aromatic heterocycles. The third kappa shape index (κ3) is 4.61. The van der Waals surface area contributed by atoms with Gasteiger partial charge in [-0.05, 0) is 50.5 Å². The second-order valence-electron chi connectivity index (χ2n) is 4.90. The molecule has 1 aromatic carbocycles. The summed E-state index contributed by atoms with van der Waals surface area (Å²) in [6.07, 6.45) is 4.75. The molecule has 0 bridgehead atoms. The van der Waals surface area contributed by atoms with Crippen LogP contribution in [0.4, 0.5) is 0 Å². The third-order valence-electron chi connectivity index (χ3n) is 2.81. The van der Waals surface area contributed by atoms with E-state index in [0.717, 1.165) is 18.3 Å². The number of hydrogen-bond donors (Lipinski definition) is 1. The Morgan fingerprint density at radius 1 is 1.41 bits per heavy atom. The summed E-state index contributed by atoms with van der Waals surface area (Å²) in [5, 5.41) is 3.51. The largest absolute Gasteiger partial charge is 0.490 e. The van der Waals surface area contributed by atoms with Crippen LogP contribution < -0.4 is 10.1 Å². The predicted molar refractivity (Wildman–Crippen MR) is 71.2 cm³/mol. The van der Waals surface area contributed by atoms with Gasteiger partial charge in [-0.15, -0.1) is 0 Å². The quantitative estimate of drug-likeness (QED) is 0.759. The maximum Gasteiger partial charge on any atom is 0.120 e. The first-order chi connectivity index (χ1) is 8.24. The van der Waals surface area contributed by atoms with Crippen molar-refractivity contribution in [3.05, 3.63) is 41.5 Å². The van der Waals surface area contributed by atoms with Crippen LogP contribution in [0.3, 0.4) is 0 Å². The summed E-state index contributed by atoms with van der Waals surface area (Å²) in [6.45, 7) is 5.77. The van der Waals surface area contributed by atoms with Gasteiger partial charge in [0.2, 0.25) is 0 Å². The van der Waals surface area contributed by atoms with E-state index < -0.39 is 0 Å². The van der Waals surface area contributed by atoms with Crippen molar-refractivity contribution in [2.75, 3.05) is 6.61 Å². The van der Waals surface area contributed by atoms with Crippen molar-refractivity contribution in [3.8, 4) is 5.75 Å². The average Bonchev–Trinajstić information content (AvgIpc) is 3.10. The molecule has 0 unspecified atom stereocenters. The Morgan fingerprint density at radius 2 is 2.24 bits per heavy atom. The van der Waals surface area contributed by atoms with Crippen LogP contribution in [-0.2, 0) is 6.54 Å². The van der Waals surface area contributed by atoms with E-state index in [1.807, 2.05) is 6.07 Å². The monoisotopic (exact) mass is 231 g/mol. The first-order valence-electron chi connectivity index (χ1n) is 6.32. The molecule has 0 heterocycles. The molecular formula is C15H21NO. The molecule has 0 spiro atoms. The molecule has 0 radical (unpaired) electrons. The van der Waals surface area contributed by atoms with Crippen LogP contribution in [0, 0.1) is 0 Å². The third-order valence-corrected chi connectivity index (χ3v) is 2.81. The summed E-state index contributed by atoms with van der Waals surface area (Å²) < 4.78 is 5.68. The minimum Gasteiger partial charge on any atom is -0.490 e. The highest BCUT2D eigenvalue weighted by Crippen LogP contribution is 2.20. The molecule has 1 aliphatic rings. The van der Waals surface area contributed by atoms with Crippen LogP contribution in [-0.4, -0.2) is 12.6 Å². The molecule has 0 atom stereocenters. The van der Waals surface area contributed by atoms with E-state index >= 15 is 0 Å². The molecule has 0 aliphatic heterocycles. The van der Waals surface area contributed by atoms with Crippen LogP contribution in [0.25, 0.3) is 0 Å². The fourth-order valence-electron chi connectivity index (χ4n) is 1.60. The van der Waals surface area contributed by atoms with Gasteiger partial charge in [-0.1, -0.05) is 17.7 Å². The van der Waals surface area contributed by atoms with Gasteiger partial charge < -0.3 is 10.1 Å². The Kier molecular flexibility index (Phi) is 4.21. The molecule has 2 nitrogen and oxygen atoms in total. The van der Waals surface area contributed by atoms with Crippen molar-refractivity contribution in [1.29, 1.82) is 0 Å². The van der Waals surface area contributed by atoms with Crippen molar-refractivity contribution in [3.63, 3.8) is 0 Å². The van der Waals surface area contributed by atoms with Gasteiger partial charge >= 0.3 is 0 Å². The fourth-order valence-corrected chi connectivity index (χ4v) is 1.60. The van der Waals surface area contributed by atoms with Gasteiger partial charge in [-0.25, -0.2) is 0 Å². The highest BCUT2D eigenvalue weighted by molar-refractivity contribution is 5.28. The van der Waals surface area contributed by atoms with Crippen LogP contribution in [0.2, 0.25) is 0 Å². The number of allylic oxidation sites excluding steroid dienone is 1. The smallest absolute Gasteiger partial charge is 0.120 e. The summed E-state index contributed by atoms with van der Waals surface area (Å²) in [5.41, 5.74) is 2.59. The summed E-state index contributed by atoms with van der Waals surface area (Å²) in [7, 11) is 0. The standard InChI is InChI=1S/C15H21NO/c1-12(2)8-9-17-15-5-3-4-13(10-15)11-16-14-6-7-14/h3-5,8,10,14,16H,6-7,9,11H2,1-2H3. The average molecular weight is 231 g/mol. The van der Waals surface area contributed by atoms with Crippen LogP contribution in [0.5, 0.6) is 5.75 Å². The Hall–Kier alpha value is -1.28. The molecule has 0 amide bonds. The Bertz CT molecular complexity index is 390. The lowest BCUT2D eigenvalue weighted by Crippen LogP contribution is -2.15. The van der Waals surface area contributed by atoms with E-state index in [0.29, 0.717) is 6.61 Å². The van der Waals surface area contributed by atoms with Gasteiger partial charge in [0.05, 0.1) is 0 Å². The predicted octanol–water partition coefficient (Wildman–Crippen LogP) is 3.28. The maximum atomic E-state index is 5.68. The molecule has 2 rings (SSSR count). The fraction of sp³-hybridized carbons (Fsp3) is 0.467. The molecule has 1 aliphatic carbocycles. The molecule has 92 valence electrons. The van der Waals surface area contributed by atoms with Crippen LogP contribution in [0.1, 0.15) is 32.3 Å². The Morgan fingerprint density at radius 3 is 2.94 bits per heavy atom. The summed E-state index contributed by atoms with van der Waals surface area (Å²) in [6, 6.07) is 9.09. The number of ether oxygens (including phenoxy) is 1. The van der Waals surface area contributed by atoms with Crippen molar-refractivity contribution in [2.45, 2.75) is 39.3 Å². The molecule has 1 N–H and O–H groups in total. The van der Waals surface area contributed by atoms with Gasteiger partial charge in [0, 0.05) is 12.6 Å². The van der Waals surface area contributed by atoms with E-state index in [9.17, 15) is 0 Å². The SMILES string of the molecule is CC(C)=CCOc1cccc(CNC2CC2)c1. The minimum atomic E-state index is 0.655. The summed E-state index contributed by atoms with van der Waals surface area (Å²) in [4.78, 5) is 0. The number of hydrogen-bond acceptors (Lipinski definition) is 2. The van der Waals surface area contributed by atoms with Crippen molar-refractivity contribution >= 4 is 0 Å². The van der Waals surface area contributed by atoms with E-state index in [2.05, 4.69) is 43.4 Å². The van der Waals surface area contributed by atoms with E-state index in [-0.39, 0.29) is 0 Å². The molecule has 1 saturated carbocycles. The van der Waals surface area contributed by atoms with Gasteiger partial charge in [0.25, 0.3) is 0 Å². The lowest BCUT2D eigenvalue weighted by Gasteiger charge is -2.07. The topological polar surface area (TPSA) is 21.3 Å². The highest BCUT2D eigenvalue weighted by atomic mass is 16.5. The van der Waals surface area contributed by atoms with Gasteiger partial charge in [0.1, 0.15) is 12.4 Å². The first kappa shape index (κ1) is 12.2. The minimum absolute atomic E-state index is 0.655.